The number of amides is 1. The molecule has 0 saturated carbocycles. The summed E-state index contributed by atoms with van der Waals surface area (Å²) in [6.45, 7) is 1.65. The summed E-state index contributed by atoms with van der Waals surface area (Å²) in [5.74, 6) is 2.12. The van der Waals surface area contributed by atoms with E-state index in [-0.39, 0.29) is 11.8 Å². The molecule has 0 aromatic carbocycles. The third-order valence-electron chi connectivity index (χ3n) is 3.88. The highest BCUT2D eigenvalue weighted by Crippen LogP contribution is 2.23. The van der Waals surface area contributed by atoms with Gasteiger partial charge >= 0.3 is 0 Å². The number of anilines is 1. The highest BCUT2D eigenvalue weighted by molar-refractivity contribution is 5.81. The number of furan rings is 1. The summed E-state index contributed by atoms with van der Waals surface area (Å²) < 4.78 is 6.77. The average molecular weight is 325 g/mol. The zero-order chi connectivity index (χ0) is 16.4. The van der Waals surface area contributed by atoms with Gasteiger partial charge in [0, 0.05) is 19.2 Å². The maximum Gasteiger partial charge on any atom is 0.227 e. The molecule has 1 N–H and O–H groups in total. The molecule has 0 aliphatic carbocycles. The molecule has 0 unspecified atom stereocenters. The van der Waals surface area contributed by atoms with Gasteiger partial charge in [-0.2, -0.15) is 5.10 Å². The number of hydrogen-bond donors (Lipinski definition) is 1. The van der Waals surface area contributed by atoms with Crippen molar-refractivity contribution < 1.29 is 9.21 Å². The largest absolute Gasteiger partial charge is 0.467 e. The standard InChI is InChI=1S/C15H15N7O2/c23-15(17-5-12-2-1-3-24-12)11-6-21(7-11)13-4-14(19-9-18-13)22-10-16-8-20-22/h1-4,8-11H,5-7H2,(H,17,23). The maximum atomic E-state index is 12.1. The van der Waals surface area contributed by atoms with E-state index in [1.807, 2.05) is 17.0 Å². The summed E-state index contributed by atoms with van der Waals surface area (Å²) in [5, 5.41) is 6.92. The van der Waals surface area contributed by atoms with Crippen LogP contribution in [0, 0.1) is 5.92 Å². The first-order chi connectivity index (χ1) is 11.8. The summed E-state index contributed by atoms with van der Waals surface area (Å²) in [4.78, 5) is 26.5. The van der Waals surface area contributed by atoms with Crippen LogP contribution in [0.1, 0.15) is 5.76 Å². The minimum absolute atomic E-state index is 0.0215. The lowest BCUT2D eigenvalue weighted by molar-refractivity contribution is -0.126. The van der Waals surface area contributed by atoms with Gasteiger partial charge in [-0.1, -0.05) is 0 Å². The van der Waals surface area contributed by atoms with Gasteiger partial charge in [0.15, 0.2) is 5.82 Å². The fraction of sp³-hybridized carbons (Fsp3) is 0.267. The van der Waals surface area contributed by atoms with Gasteiger partial charge in [-0.25, -0.2) is 19.6 Å². The Bertz CT molecular complexity index is 810. The second-order valence-corrected chi connectivity index (χ2v) is 5.47. The Labute approximate surface area is 137 Å². The molecule has 122 valence electrons. The molecule has 1 aliphatic rings. The zero-order valence-electron chi connectivity index (χ0n) is 12.7. The molecule has 0 atom stereocenters. The first-order valence-electron chi connectivity index (χ1n) is 7.51. The molecule has 9 heteroatoms. The summed E-state index contributed by atoms with van der Waals surface area (Å²) in [6.07, 6.45) is 6.10. The van der Waals surface area contributed by atoms with Gasteiger partial charge in [0.2, 0.25) is 5.91 Å². The van der Waals surface area contributed by atoms with Gasteiger partial charge in [0.25, 0.3) is 0 Å². The molecule has 0 bridgehead atoms. The monoisotopic (exact) mass is 325 g/mol. The van der Waals surface area contributed by atoms with E-state index in [0.29, 0.717) is 25.5 Å². The minimum atomic E-state index is -0.0512. The van der Waals surface area contributed by atoms with Crippen molar-refractivity contribution in [2.24, 2.45) is 5.92 Å². The third kappa shape index (κ3) is 2.83. The molecule has 0 spiro atoms. The second-order valence-electron chi connectivity index (χ2n) is 5.47. The Morgan fingerprint density at radius 2 is 2.17 bits per heavy atom. The number of hydrogen-bond acceptors (Lipinski definition) is 7. The Hall–Kier alpha value is -3.23. The van der Waals surface area contributed by atoms with E-state index in [1.165, 1.54) is 12.7 Å². The molecular weight excluding hydrogens is 310 g/mol. The Morgan fingerprint density at radius 1 is 1.29 bits per heavy atom. The number of rotatable bonds is 5. The molecule has 0 radical (unpaired) electrons. The molecule has 3 aromatic heterocycles. The fourth-order valence-corrected chi connectivity index (χ4v) is 2.53. The SMILES string of the molecule is O=C(NCc1ccco1)C1CN(c2cc(-n3cncn3)ncn2)C1. The number of nitrogens with zero attached hydrogens (tertiary/aromatic N) is 6. The quantitative estimate of drug-likeness (QED) is 0.724. The van der Waals surface area contributed by atoms with Gasteiger partial charge in [0.05, 0.1) is 18.7 Å². The van der Waals surface area contributed by atoms with Gasteiger partial charge in [0.1, 0.15) is 30.6 Å². The topological polar surface area (TPSA) is 102 Å². The summed E-state index contributed by atoms with van der Waals surface area (Å²) in [6, 6.07) is 5.46. The maximum absolute atomic E-state index is 12.1. The normalized spacial score (nSPS) is 14.4. The van der Waals surface area contributed by atoms with Crippen LogP contribution in [0.5, 0.6) is 0 Å². The molecule has 1 amide bonds. The third-order valence-corrected chi connectivity index (χ3v) is 3.88. The van der Waals surface area contributed by atoms with E-state index >= 15 is 0 Å². The molecular formula is C15H15N7O2. The van der Waals surface area contributed by atoms with Gasteiger partial charge < -0.3 is 14.6 Å². The first kappa shape index (κ1) is 14.4. The molecule has 1 fully saturated rings. The van der Waals surface area contributed by atoms with Crippen molar-refractivity contribution in [3.63, 3.8) is 0 Å². The highest BCUT2D eigenvalue weighted by atomic mass is 16.3. The van der Waals surface area contributed by atoms with E-state index in [4.69, 9.17) is 4.42 Å². The molecule has 9 nitrogen and oxygen atoms in total. The van der Waals surface area contributed by atoms with Crippen molar-refractivity contribution in [3.8, 4) is 5.82 Å². The van der Waals surface area contributed by atoms with E-state index in [9.17, 15) is 4.79 Å². The van der Waals surface area contributed by atoms with Gasteiger partial charge in [-0.05, 0) is 12.1 Å². The van der Waals surface area contributed by atoms with Crippen LogP contribution in [-0.2, 0) is 11.3 Å². The smallest absolute Gasteiger partial charge is 0.227 e. The molecule has 1 aliphatic heterocycles. The Balaban J connectivity index is 1.34. The Morgan fingerprint density at radius 3 is 2.92 bits per heavy atom. The molecule has 3 aromatic rings. The number of carbonyl (C=O) groups is 1. The molecule has 1 saturated heterocycles. The Kier molecular flexibility index (Phi) is 3.66. The highest BCUT2D eigenvalue weighted by Gasteiger charge is 2.33. The second kappa shape index (κ2) is 6.11. The molecule has 4 heterocycles. The van der Waals surface area contributed by atoms with Crippen LogP contribution in [0.4, 0.5) is 5.82 Å². The zero-order valence-corrected chi connectivity index (χ0v) is 12.7. The lowest BCUT2D eigenvalue weighted by atomic mass is 9.99. The molecule has 24 heavy (non-hydrogen) atoms. The molecule has 4 rings (SSSR count). The van der Waals surface area contributed by atoms with Crippen LogP contribution in [0.3, 0.4) is 0 Å². The predicted molar refractivity (Wildman–Crippen MR) is 83.2 cm³/mol. The summed E-state index contributed by atoms with van der Waals surface area (Å²) in [7, 11) is 0. The first-order valence-corrected chi connectivity index (χ1v) is 7.51. The summed E-state index contributed by atoms with van der Waals surface area (Å²) >= 11 is 0. The van der Waals surface area contributed by atoms with E-state index < -0.39 is 0 Å². The van der Waals surface area contributed by atoms with Crippen LogP contribution in [-0.4, -0.2) is 43.7 Å². The van der Waals surface area contributed by atoms with Crippen molar-refractivity contribution in [2.45, 2.75) is 6.54 Å². The van der Waals surface area contributed by atoms with Crippen LogP contribution < -0.4 is 10.2 Å². The van der Waals surface area contributed by atoms with Crippen molar-refractivity contribution in [3.05, 3.63) is 49.2 Å². The van der Waals surface area contributed by atoms with Gasteiger partial charge in [-0.15, -0.1) is 0 Å². The van der Waals surface area contributed by atoms with Crippen LogP contribution >= 0.6 is 0 Å². The van der Waals surface area contributed by atoms with Crippen LogP contribution in [0.15, 0.2) is 47.9 Å². The predicted octanol–water partition coefficient (Wildman–Crippen LogP) is 0.403. The van der Waals surface area contributed by atoms with Crippen molar-refractivity contribution in [2.75, 3.05) is 18.0 Å². The lowest BCUT2D eigenvalue weighted by Crippen LogP contribution is -2.54. The van der Waals surface area contributed by atoms with Crippen molar-refractivity contribution in [1.82, 2.24) is 30.0 Å². The van der Waals surface area contributed by atoms with Crippen molar-refractivity contribution >= 4 is 11.7 Å². The van der Waals surface area contributed by atoms with E-state index in [0.717, 1.165) is 11.6 Å². The van der Waals surface area contributed by atoms with Crippen LogP contribution in [0.2, 0.25) is 0 Å². The number of nitrogens with one attached hydrogen (secondary N) is 1. The van der Waals surface area contributed by atoms with E-state index in [2.05, 4.69) is 25.4 Å². The average Bonchev–Trinajstić information content (AvgIpc) is 3.25. The minimum Gasteiger partial charge on any atom is -0.467 e. The fourth-order valence-electron chi connectivity index (χ4n) is 2.53. The van der Waals surface area contributed by atoms with E-state index in [1.54, 1.807) is 23.3 Å². The number of carbonyl (C=O) groups excluding carboxylic acids is 1. The lowest BCUT2D eigenvalue weighted by Gasteiger charge is -2.39. The number of aromatic nitrogens is 5. The van der Waals surface area contributed by atoms with Crippen LogP contribution in [0.25, 0.3) is 5.82 Å². The summed E-state index contributed by atoms with van der Waals surface area (Å²) in [5.41, 5.74) is 0. The van der Waals surface area contributed by atoms with Gasteiger partial charge in [-0.3, -0.25) is 4.79 Å². The van der Waals surface area contributed by atoms with Crippen molar-refractivity contribution in [1.29, 1.82) is 0 Å².